The molecule has 0 unspecified atom stereocenters. The smallest absolute Gasteiger partial charge is 0.321 e. The lowest BCUT2D eigenvalue weighted by atomic mass is 10.1. The number of nitrogens with one attached hydrogen (secondary N) is 2. The van der Waals surface area contributed by atoms with E-state index in [4.69, 9.17) is 0 Å². The number of hydrogen-bond donors (Lipinski definition) is 2. The number of nitrogens with zero attached hydrogens (tertiary/aromatic N) is 4. The van der Waals surface area contributed by atoms with Crippen molar-refractivity contribution >= 4 is 11.9 Å². The molecule has 1 aromatic carbocycles. The molecule has 122 valence electrons. The second-order valence-corrected chi connectivity index (χ2v) is 5.91. The van der Waals surface area contributed by atoms with Crippen molar-refractivity contribution < 1.29 is 14.0 Å². The van der Waals surface area contributed by atoms with Crippen molar-refractivity contribution in [3.8, 4) is 11.4 Å². The van der Waals surface area contributed by atoms with Gasteiger partial charge in [0.1, 0.15) is 12.4 Å². The van der Waals surface area contributed by atoms with Crippen LogP contribution in [0.5, 0.6) is 0 Å². The van der Waals surface area contributed by atoms with Gasteiger partial charge in [-0.3, -0.25) is 10.1 Å². The SMILES string of the molecule is CC(C)(C)NC(=O)NC(=O)Cn1nnc(-c2cccc(F)c2)n1. The van der Waals surface area contributed by atoms with Gasteiger partial charge in [0.25, 0.3) is 5.91 Å². The van der Waals surface area contributed by atoms with Crippen molar-refractivity contribution in [3.05, 3.63) is 30.1 Å². The van der Waals surface area contributed by atoms with E-state index in [-0.39, 0.29) is 12.4 Å². The number of imide groups is 1. The molecule has 8 nitrogen and oxygen atoms in total. The maximum absolute atomic E-state index is 13.2. The zero-order chi connectivity index (χ0) is 17.0. The highest BCUT2D eigenvalue weighted by Gasteiger charge is 2.16. The molecule has 0 aliphatic rings. The quantitative estimate of drug-likeness (QED) is 0.882. The van der Waals surface area contributed by atoms with Crippen LogP contribution < -0.4 is 10.6 Å². The van der Waals surface area contributed by atoms with E-state index in [1.54, 1.807) is 26.8 Å². The first-order valence-corrected chi connectivity index (χ1v) is 6.89. The Morgan fingerprint density at radius 3 is 2.70 bits per heavy atom. The maximum atomic E-state index is 13.2. The van der Waals surface area contributed by atoms with Gasteiger partial charge in [-0.25, -0.2) is 9.18 Å². The van der Waals surface area contributed by atoms with E-state index in [1.165, 1.54) is 18.2 Å². The molecule has 0 atom stereocenters. The minimum absolute atomic E-state index is 0.191. The predicted octanol–water partition coefficient (Wildman–Crippen LogP) is 1.10. The summed E-state index contributed by atoms with van der Waals surface area (Å²) < 4.78 is 13.2. The third kappa shape index (κ3) is 5.13. The minimum atomic E-state index is -0.604. The molecule has 2 aromatic rings. The number of halogens is 1. The van der Waals surface area contributed by atoms with Crippen molar-refractivity contribution in [2.24, 2.45) is 0 Å². The Hall–Kier alpha value is -2.84. The summed E-state index contributed by atoms with van der Waals surface area (Å²) in [7, 11) is 0. The molecule has 1 aromatic heterocycles. The second-order valence-electron chi connectivity index (χ2n) is 5.91. The van der Waals surface area contributed by atoms with Crippen LogP contribution in [0.25, 0.3) is 11.4 Å². The Bertz CT molecular complexity index is 722. The first-order chi connectivity index (χ1) is 10.7. The molecule has 0 bridgehead atoms. The van der Waals surface area contributed by atoms with E-state index in [0.717, 1.165) is 4.80 Å². The molecule has 1 heterocycles. The molecular weight excluding hydrogens is 303 g/mol. The number of urea groups is 1. The summed E-state index contributed by atoms with van der Waals surface area (Å²) in [6.45, 7) is 5.10. The van der Waals surface area contributed by atoms with E-state index in [0.29, 0.717) is 5.56 Å². The van der Waals surface area contributed by atoms with E-state index in [9.17, 15) is 14.0 Å². The average molecular weight is 320 g/mol. The zero-order valence-electron chi connectivity index (χ0n) is 13.0. The lowest BCUT2D eigenvalue weighted by Gasteiger charge is -2.20. The summed E-state index contributed by atoms with van der Waals surface area (Å²) in [5.41, 5.74) is -0.0115. The van der Waals surface area contributed by atoms with Crippen LogP contribution in [0.15, 0.2) is 24.3 Å². The van der Waals surface area contributed by atoms with Gasteiger partial charge in [0.05, 0.1) is 0 Å². The highest BCUT2D eigenvalue weighted by molar-refractivity contribution is 5.94. The number of benzene rings is 1. The van der Waals surface area contributed by atoms with Crippen LogP contribution >= 0.6 is 0 Å². The normalized spacial score (nSPS) is 11.1. The van der Waals surface area contributed by atoms with Crippen LogP contribution in [0.3, 0.4) is 0 Å². The van der Waals surface area contributed by atoms with Crippen LogP contribution in [0.1, 0.15) is 20.8 Å². The molecule has 0 spiro atoms. The van der Waals surface area contributed by atoms with Gasteiger partial charge in [0, 0.05) is 11.1 Å². The monoisotopic (exact) mass is 320 g/mol. The average Bonchev–Trinajstić information content (AvgIpc) is 2.84. The number of rotatable bonds is 3. The molecule has 0 fully saturated rings. The number of aromatic nitrogens is 4. The largest absolute Gasteiger partial charge is 0.333 e. The van der Waals surface area contributed by atoms with E-state index in [2.05, 4.69) is 26.0 Å². The number of hydrogen-bond acceptors (Lipinski definition) is 5. The third-order valence-corrected chi connectivity index (χ3v) is 2.56. The first kappa shape index (κ1) is 16.5. The third-order valence-electron chi connectivity index (χ3n) is 2.56. The zero-order valence-corrected chi connectivity index (χ0v) is 13.0. The number of tetrazole rings is 1. The van der Waals surface area contributed by atoms with Crippen molar-refractivity contribution in [1.82, 2.24) is 30.8 Å². The van der Waals surface area contributed by atoms with Crippen LogP contribution in [-0.2, 0) is 11.3 Å². The maximum Gasteiger partial charge on any atom is 0.321 e. The van der Waals surface area contributed by atoms with Gasteiger partial charge >= 0.3 is 6.03 Å². The van der Waals surface area contributed by atoms with E-state index < -0.39 is 23.3 Å². The predicted molar refractivity (Wildman–Crippen MR) is 79.6 cm³/mol. The molecule has 9 heteroatoms. The Morgan fingerprint density at radius 1 is 1.30 bits per heavy atom. The Balaban J connectivity index is 1.96. The summed E-state index contributed by atoms with van der Waals surface area (Å²) in [5.74, 6) is -0.818. The van der Waals surface area contributed by atoms with Crippen LogP contribution in [-0.4, -0.2) is 37.7 Å². The Kier molecular flexibility index (Phi) is 4.68. The number of carbonyl (C=O) groups excluding carboxylic acids is 2. The number of carbonyl (C=O) groups is 2. The molecule has 0 saturated carbocycles. The van der Waals surface area contributed by atoms with E-state index >= 15 is 0 Å². The summed E-state index contributed by atoms with van der Waals surface area (Å²) >= 11 is 0. The molecule has 0 aliphatic heterocycles. The summed E-state index contributed by atoms with van der Waals surface area (Å²) in [6.07, 6.45) is 0. The van der Waals surface area contributed by atoms with Gasteiger partial charge in [-0.05, 0) is 38.1 Å². The van der Waals surface area contributed by atoms with Crippen molar-refractivity contribution in [2.75, 3.05) is 0 Å². The van der Waals surface area contributed by atoms with Crippen molar-refractivity contribution in [2.45, 2.75) is 32.9 Å². The first-order valence-electron chi connectivity index (χ1n) is 6.89. The Labute approximate surface area is 132 Å². The standard InChI is InChI=1S/C14H17FN6O2/c1-14(2,3)17-13(23)16-11(22)8-21-19-12(18-20-21)9-5-4-6-10(15)7-9/h4-7H,8H2,1-3H3,(H2,16,17,22,23). The highest BCUT2D eigenvalue weighted by atomic mass is 19.1. The molecule has 23 heavy (non-hydrogen) atoms. The lowest BCUT2D eigenvalue weighted by Crippen LogP contribution is -2.49. The van der Waals surface area contributed by atoms with Crippen molar-refractivity contribution in [1.29, 1.82) is 0 Å². The Morgan fingerprint density at radius 2 is 2.04 bits per heavy atom. The molecule has 0 saturated heterocycles. The van der Waals surface area contributed by atoms with Gasteiger partial charge < -0.3 is 5.32 Å². The fraction of sp³-hybridized carbons (Fsp3) is 0.357. The minimum Gasteiger partial charge on any atom is -0.333 e. The molecule has 0 radical (unpaired) electrons. The fourth-order valence-corrected chi connectivity index (χ4v) is 1.72. The molecule has 2 rings (SSSR count). The number of amides is 3. The topological polar surface area (TPSA) is 102 Å². The summed E-state index contributed by atoms with van der Waals surface area (Å²) in [6, 6.07) is 5.11. The molecule has 0 aliphatic carbocycles. The van der Waals surface area contributed by atoms with Crippen LogP contribution in [0, 0.1) is 5.82 Å². The molecule has 3 amide bonds. The van der Waals surface area contributed by atoms with Gasteiger partial charge in [0.2, 0.25) is 5.82 Å². The summed E-state index contributed by atoms with van der Waals surface area (Å²) in [5, 5.41) is 16.2. The second kappa shape index (κ2) is 6.51. The van der Waals surface area contributed by atoms with Gasteiger partial charge in [-0.2, -0.15) is 4.80 Å². The molecule has 2 N–H and O–H groups in total. The van der Waals surface area contributed by atoms with Gasteiger partial charge in [-0.15, -0.1) is 10.2 Å². The van der Waals surface area contributed by atoms with Gasteiger partial charge in [-0.1, -0.05) is 12.1 Å². The van der Waals surface area contributed by atoms with E-state index in [1.807, 2.05) is 0 Å². The van der Waals surface area contributed by atoms with Gasteiger partial charge in [0.15, 0.2) is 0 Å². The summed E-state index contributed by atoms with van der Waals surface area (Å²) in [4.78, 5) is 24.3. The van der Waals surface area contributed by atoms with Crippen LogP contribution in [0.2, 0.25) is 0 Å². The molecular formula is C14H17FN6O2. The fourth-order valence-electron chi connectivity index (χ4n) is 1.72. The highest BCUT2D eigenvalue weighted by Crippen LogP contribution is 2.14. The van der Waals surface area contributed by atoms with Crippen LogP contribution in [0.4, 0.5) is 9.18 Å². The lowest BCUT2D eigenvalue weighted by molar-refractivity contribution is -0.121. The van der Waals surface area contributed by atoms with Crippen molar-refractivity contribution in [3.63, 3.8) is 0 Å².